The number of alkyl halides is 3. The van der Waals surface area contributed by atoms with Gasteiger partial charge in [0.05, 0.1) is 6.54 Å². The van der Waals surface area contributed by atoms with E-state index in [9.17, 15) is 13.2 Å². The molecule has 4 nitrogen and oxygen atoms in total. The van der Waals surface area contributed by atoms with E-state index in [0.29, 0.717) is 12.5 Å². The number of aliphatic imine (C=N–C) groups is 1. The largest absolute Gasteiger partial charge is 0.416 e. The standard InChI is InChI=1S/C11H20F3N3OS.HI/c1-10(2)7-17(4-5-19-10)9(15-3)16-6-8(18)11(12,13)14;/h8,18H,4-7H2,1-3H3,(H,15,16);1H. The molecule has 0 aromatic carbocycles. The Morgan fingerprint density at radius 3 is 2.55 bits per heavy atom. The highest BCUT2D eigenvalue weighted by Gasteiger charge is 2.38. The summed E-state index contributed by atoms with van der Waals surface area (Å²) in [6, 6.07) is 0. The van der Waals surface area contributed by atoms with Gasteiger partial charge in [0.1, 0.15) is 0 Å². The number of rotatable bonds is 2. The Balaban J connectivity index is 0.00000361. The lowest BCUT2D eigenvalue weighted by molar-refractivity contribution is -0.201. The average molecular weight is 427 g/mol. The summed E-state index contributed by atoms with van der Waals surface area (Å²) in [4.78, 5) is 5.89. The van der Waals surface area contributed by atoms with E-state index in [0.717, 1.165) is 12.3 Å². The second kappa shape index (κ2) is 7.92. The summed E-state index contributed by atoms with van der Waals surface area (Å²) in [5.41, 5.74) is 0. The van der Waals surface area contributed by atoms with Crippen molar-refractivity contribution in [3.8, 4) is 0 Å². The second-order valence-electron chi connectivity index (χ2n) is 5.02. The third-order valence-electron chi connectivity index (χ3n) is 2.77. The van der Waals surface area contributed by atoms with Crippen LogP contribution in [0.4, 0.5) is 13.2 Å². The summed E-state index contributed by atoms with van der Waals surface area (Å²) in [5.74, 6) is 1.30. The Morgan fingerprint density at radius 1 is 1.50 bits per heavy atom. The van der Waals surface area contributed by atoms with Crippen LogP contribution in [0.2, 0.25) is 0 Å². The monoisotopic (exact) mass is 427 g/mol. The van der Waals surface area contributed by atoms with Crippen LogP contribution in [0.1, 0.15) is 13.8 Å². The molecule has 0 amide bonds. The van der Waals surface area contributed by atoms with E-state index < -0.39 is 18.8 Å². The molecule has 1 atom stereocenters. The molecule has 0 bridgehead atoms. The van der Waals surface area contributed by atoms with Gasteiger partial charge in [0.2, 0.25) is 0 Å². The summed E-state index contributed by atoms with van der Waals surface area (Å²) in [7, 11) is 1.52. The van der Waals surface area contributed by atoms with Gasteiger partial charge in [-0.2, -0.15) is 24.9 Å². The quantitative estimate of drug-likeness (QED) is 0.402. The van der Waals surface area contributed by atoms with Gasteiger partial charge in [0.25, 0.3) is 0 Å². The Bertz CT molecular complexity index is 339. The maximum absolute atomic E-state index is 12.2. The zero-order chi connectivity index (χ0) is 14.7. The molecule has 0 aromatic heterocycles. The molecular weight excluding hydrogens is 406 g/mol. The van der Waals surface area contributed by atoms with Gasteiger partial charge in [-0.05, 0) is 13.8 Å². The fourth-order valence-electron chi connectivity index (χ4n) is 1.83. The smallest absolute Gasteiger partial charge is 0.382 e. The van der Waals surface area contributed by atoms with E-state index in [2.05, 4.69) is 24.2 Å². The Hall–Kier alpha value is 0.1000. The first-order chi connectivity index (χ1) is 8.65. The molecule has 0 aliphatic carbocycles. The van der Waals surface area contributed by atoms with Crippen molar-refractivity contribution >= 4 is 41.7 Å². The minimum atomic E-state index is -4.61. The van der Waals surface area contributed by atoms with Gasteiger partial charge in [-0.25, -0.2) is 0 Å². The van der Waals surface area contributed by atoms with Crippen molar-refractivity contribution < 1.29 is 18.3 Å². The number of halogens is 4. The first-order valence-electron chi connectivity index (χ1n) is 6.00. The van der Waals surface area contributed by atoms with Gasteiger partial charge in [0, 0.05) is 30.6 Å². The van der Waals surface area contributed by atoms with Crippen LogP contribution >= 0.6 is 35.7 Å². The van der Waals surface area contributed by atoms with Crippen molar-refractivity contribution in [2.24, 2.45) is 4.99 Å². The summed E-state index contributed by atoms with van der Waals surface area (Å²) >= 11 is 1.83. The van der Waals surface area contributed by atoms with E-state index in [1.807, 2.05) is 16.7 Å². The molecule has 1 rings (SSSR count). The minimum Gasteiger partial charge on any atom is -0.382 e. The molecule has 0 aromatic rings. The van der Waals surface area contributed by atoms with Gasteiger partial charge >= 0.3 is 6.18 Å². The number of nitrogens with zero attached hydrogens (tertiary/aromatic N) is 2. The van der Waals surface area contributed by atoms with Crippen LogP contribution in [-0.4, -0.2) is 65.4 Å². The second-order valence-corrected chi connectivity index (χ2v) is 6.82. The molecule has 1 unspecified atom stereocenters. The molecule has 0 radical (unpaired) electrons. The maximum Gasteiger partial charge on any atom is 0.416 e. The molecule has 0 saturated carbocycles. The zero-order valence-corrected chi connectivity index (χ0v) is 14.8. The van der Waals surface area contributed by atoms with E-state index in [4.69, 9.17) is 5.11 Å². The van der Waals surface area contributed by atoms with Crippen molar-refractivity contribution in [3.05, 3.63) is 0 Å². The third kappa shape index (κ3) is 6.25. The Labute approximate surface area is 138 Å². The highest BCUT2D eigenvalue weighted by atomic mass is 127. The van der Waals surface area contributed by atoms with Crippen LogP contribution < -0.4 is 5.32 Å². The van der Waals surface area contributed by atoms with Crippen LogP contribution in [0, 0.1) is 0 Å². The van der Waals surface area contributed by atoms with Crippen LogP contribution in [0.25, 0.3) is 0 Å². The molecule has 120 valence electrons. The third-order valence-corrected chi connectivity index (χ3v) is 4.07. The number of nitrogens with one attached hydrogen (secondary N) is 1. The van der Waals surface area contributed by atoms with Crippen molar-refractivity contribution in [2.75, 3.05) is 32.4 Å². The predicted molar refractivity (Wildman–Crippen MR) is 86.9 cm³/mol. The van der Waals surface area contributed by atoms with Crippen molar-refractivity contribution in [1.29, 1.82) is 0 Å². The summed E-state index contributed by atoms with van der Waals surface area (Å²) in [6.07, 6.45) is -6.99. The van der Waals surface area contributed by atoms with Crippen LogP contribution in [-0.2, 0) is 0 Å². The van der Waals surface area contributed by atoms with Gasteiger partial charge in [-0.1, -0.05) is 0 Å². The van der Waals surface area contributed by atoms with Gasteiger partial charge in [0.15, 0.2) is 12.1 Å². The lowest BCUT2D eigenvalue weighted by Gasteiger charge is -2.39. The lowest BCUT2D eigenvalue weighted by Crippen LogP contribution is -2.53. The van der Waals surface area contributed by atoms with Crippen molar-refractivity contribution in [2.45, 2.75) is 30.9 Å². The molecule has 1 aliphatic rings. The minimum absolute atomic E-state index is 0. The molecular formula is C11H21F3IN3OS. The first kappa shape index (κ1) is 20.1. The van der Waals surface area contributed by atoms with Crippen LogP contribution in [0.5, 0.6) is 0 Å². The Kier molecular flexibility index (Phi) is 7.96. The van der Waals surface area contributed by atoms with E-state index >= 15 is 0 Å². The maximum atomic E-state index is 12.2. The van der Waals surface area contributed by atoms with Gasteiger partial charge in [-0.3, -0.25) is 4.99 Å². The molecule has 1 fully saturated rings. The normalized spacial score (nSPS) is 21.1. The molecule has 9 heteroatoms. The summed E-state index contributed by atoms with van der Waals surface area (Å²) in [6.45, 7) is 5.03. The molecule has 1 heterocycles. The predicted octanol–water partition coefficient (Wildman–Crippen LogP) is 1.93. The summed E-state index contributed by atoms with van der Waals surface area (Å²) in [5, 5.41) is 11.5. The molecule has 2 N–H and O–H groups in total. The number of aliphatic hydroxyl groups excluding tert-OH is 1. The van der Waals surface area contributed by atoms with Crippen LogP contribution in [0.15, 0.2) is 4.99 Å². The lowest BCUT2D eigenvalue weighted by atomic mass is 10.2. The van der Waals surface area contributed by atoms with E-state index in [-0.39, 0.29) is 28.7 Å². The fraction of sp³-hybridized carbons (Fsp3) is 0.909. The van der Waals surface area contributed by atoms with Crippen molar-refractivity contribution in [1.82, 2.24) is 10.2 Å². The van der Waals surface area contributed by atoms with Crippen LogP contribution in [0.3, 0.4) is 0 Å². The number of thioether (sulfide) groups is 1. The van der Waals surface area contributed by atoms with E-state index in [1.165, 1.54) is 7.05 Å². The number of hydrogen-bond donors (Lipinski definition) is 2. The van der Waals surface area contributed by atoms with Crippen molar-refractivity contribution in [3.63, 3.8) is 0 Å². The molecule has 20 heavy (non-hydrogen) atoms. The fourth-order valence-corrected chi connectivity index (χ4v) is 2.94. The molecule has 1 saturated heterocycles. The summed E-state index contributed by atoms with van der Waals surface area (Å²) < 4.78 is 36.7. The number of hydrogen-bond acceptors (Lipinski definition) is 3. The molecule has 0 spiro atoms. The zero-order valence-electron chi connectivity index (χ0n) is 11.7. The highest BCUT2D eigenvalue weighted by molar-refractivity contribution is 14.0. The Morgan fingerprint density at radius 2 is 2.10 bits per heavy atom. The highest BCUT2D eigenvalue weighted by Crippen LogP contribution is 2.29. The number of aliphatic hydroxyl groups is 1. The number of guanidine groups is 1. The first-order valence-corrected chi connectivity index (χ1v) is 6.98. The SMILES string of the molecule is CN=C(NCC(O)C(F)(F)F)N1CCSC(C)(C)C1.I. The topological polar surface area (TPSA) is 47.9 Å². The van der Waals surface area contributed by atoms with E-state index in [1.54, 1.807) is 0 Å². The van der Waals surface area contributed by atoms with Gasteiger partial charge < -0.3 is 15.3 Å². The van der Waals surface area contributed by atoms with Gasteiger partial charge in [-0.15, -0.1) is 24.0 Å². The molecule has 1 aliphatic heterocycles. The average Bonchev–Trinajstić information content (AvgIpc) is 2.27.